The SMILES string of the molecule is CCc1csc(CNC(=O)c2ccc(CN3CCC(C)CC3)o2)n1. The number of furan rings is 1. The van der Waals surface area contributed by atoms with Gasteiger partial charge in [-0.25, -0.2) is 4.98 Å². The summed E-state index contributed by atoms with van der Waals surface area (Å²) in [5, 5.41) is 5.84. The maximum atomic E-state index is 12.2. The number of likely N-dealkylation sites (tertiary alicyclic amines) is 1. The number of rotatable bonds is 6. The predicted octanol–water partition coefficient (Wildman–Crippen LogP) is 3.46. The van der Waals surface area contributed by atoms with Crippen LogP contribution in [0.3, 0.4) is 0 Å². The number of carbonyl (C=O) groups excluding carboxylic acids is 1. The molecule has 1 fully saturated rings. The van der Waals surface area contributed by atoms with E-state index in [-0.39, 0.29) is 5.91 Å². The molecule has 0 atom stereocenters. The maximum absolute atomic E-state index is 12.2. The molecule has 1 aliphatic rings. The van der Waals surface area contributed by atoms with Crippen LogP contribution >= 0.6 is 11.3 Å². The number of nitrogens with one attached hydrogen (secondary N) is 1. The number of hydrogen-bond acceptors (Lipinski definition) is 5. The Labute approximate surface area is 147 Å². The molecule has 1 N–H and O–H groups in total. The van der Waals surface area contributed by atoms with Crippen molar-refractivity contribution in [3.8, 4) is 0 Å². The molecule has 5 nitrogen and oxygen atoms in total. The zero-order valence-electron chi connectivity index (χ0n) is 14.4. The van der Waals surface area contributed by atoms with Crippen molar-refractivity contribution in [3.63, 3.8) is 0 Å². The van der Waals surface area contributed by atoms with Gasteiger partial charge in [0.15, 0.2) is 5.76 Å². The number of thiazole rings is 1. The first kappa shape index (κ1) is 17.2. The van der Waals surface area contributed by atoms with Crippen LogP contribution in [0.1, 0.15) is 53.7 Å². The van der Waals surface area contributed by atoms with Gasteiger partial charge in [0.2, 0.25) is 0 Å². The zero-order valence-corrected chi connectivity index (χ0v) is 15.2. The van der Waals surface area contributed by atoms with E-state index in [4.69, 9.17) is 4.42 Å². The molecule has 0 unspecified atom stereocenters. The van der Waals surface area contributed by atoms with Gasteiger partial charge in [0.05, 0.1) is 18.8 Å². The number of nitrogens with zero attached hydrogens (tertiary/aromatic N) is 2. The van der Waals surface area contributed by atoms with Gasteiger partial charge in [0.1, 0.15) is 10.8 Å². The highest BCUT2D eigenvalue weighted by Crippen LogP contribution is 2.19. The number of aromatic nitrogens is 1. The summed E-state index contributed by atoms with van der Waals surface area (Å²) in [6.45, 7) is 7.82. The van der Waals surface area contributed by atoms with Crippen LogP contribution in [0.4, 0.5) is 0 Å². The van der Waals surface area contributed by atoms with E-state index in [0.29, 0.717) is 12.3 Å². The highest BCUT2D eigenvalue weighted by Gasteiger charge is 2.18. The van der Waals surface area contributed by atoms with E-state index in [1.54, 1.807) is 17.4 Å². The second-order valence-corrected chi connectivity index (χ2v) is 7.44. The van der Waals surface area contributed by atoms with Crippen LogP contribution in [-0.4, -0.2) is 28.9 Å². The average molecular weight is 347 g/mol. The number of piperidine rings is 1. The van der Waals surface area contributed by atoms with E-state index >= 15 is 0 Å². The lowest BCUT2D eigenvalue weighted by Crippen LogP contribution is -2.32. The summed E-state index contributed by atoms with van der Waals surface area (Å²) in [5.74, 6) is 1.87. The highest BCUT2D eigenvalue weighted by molar-refractivity contribution is 7.09. The minimum atomic E-state index is -0.179. The lowest BCUT2D eigenvalue weighted by Gasteiger charge is -2.29. The molecule has 6 heteroatoms. The van der Waals surface area contributed by atoms with Gasteiger partial charge in [-0.15, -0.1) is 11.3 Å². The number of carbonyl (C=O) groups is 1. The lowest BCUT2D eigenvalue weighted by atomic mass is 9.99. The van der Waals surface area contributed by atoms with Crippen molar-refractivity contribution in [2.45, 2.75) is 46.2 Å². The Bertz CT molecular complexity index is 671. The van der Waals surface area contributed by atoms with Gasteiger partial charge in [-0.1, -0.05) is 13.8 Å². The van der Waals surface area contributed by atoms with Crippen LogP contribution in [0.5, 0.6) is 0 Å². The maximum Gasteiger partial charge on any atom is 0.287 e. The summed E-state index contributed by atoms with van der Waals surface area (Å²) in [7, 11) is 0. The van der Waals surface area contributed by atoms with Gasteiger partial charge < -0.3 is 9.73 Å². The first-order valence-corrected chi connectivity index (χ1v) is 9.54. The molecule has 0 saturated carbocycles. The van der Waals surface area contributed by atoms with Crippen molar-refractivity contribution in [3.05, 3.63) is 39.7 Å². The van der Waals surface area contributed by atoms with E-state index in [1.807, 2.05) is 11.4 Å². The summed E-state index contributed by atoms with van der Waals surface area (Å²) in [6, 6.07) is 3.67. The Kier molecular flexibility index (Phi) is 5.68. The Morgan fingerprint density at radius 1 is 1.42 bits per heavy atom. The largest absolute Gasteiger partial charge is 0.455 e. The summed E-state index contributed by atoms with van der Waals surface area (Å²) in [4.78, 5) is 19.0. The molecule has 3 rings (SSSR count). The second kappa shape index (κ2) is 7.94. The smallest absolute Gasteiger partial charge is 0.287 e. The fraction of sp³-hybridized carbons (Fsp3) is 0.556. The van der Waals surface area contributed by atoms with Gasteiger partial charge in [-0.3, -0.25) is 9.69 Å². The van der Waals surface area contributed by atoms with Crippen molar-refractivity contribution in [2.75, 3.05) is 13.1 Å². The van der Waals surface area contributed by atoms with Crippen LogP contribution in [0.25, 0.3) is 0 Å². The van der Waals surface area contributed by atoms with Gasteiger partial charge >= 0.3 is 0 Å². The molecular weight excluding hydrogens is 322 g/mol. The van der Waals surface area contributed by atoms with Crippen molar-refractivity contribution >= 4 is 17.2 Å². The first-order chi connectivity index (χ1) is 11.6. The Morgan fingerprint density at radius 3 is 2.92 bits per heavy atom. The molecule has 1 amide bonds. The number of aryl methyl sites for hydroxylation is 1. The second-order valence-electron chi connectivity index (χ2n) is 6.49. The molecule has 2 aromatic heterocycles. The summed E-state index contributed by atoms with van der Waals surface area (Å²) >= 11 is 1.58. The van der Waals surface area contributed by atoms with Gasteiger partial charge in [0.25, 0.3) is 5.91 Å². The standard InChI is InChI=1S/C18H25N3O2S/c1-3-14-12-24-17(20-14)10-19-18(22)16-5-4-15(23-16)11-21-8-6-13(2)7-9-21/h4-5,12-13H,3,6-11H2,1-2H3,(H,19,22). The van der Waals surface area contributed by atoms with E-state index < -0.39 is 0 Å². The minimum absolute atomic E-state index is 0.179. The topological polar surface area (TPSA) is 58.4 Å². The van der Waals surface area contributed by atoms with Crippen LogP contribution in [0.2, 0.25) is 0 Å². The van der Waals surface area contributed by atoms with E-state index in [1.165, 1.54) is 12.8 Å². The summed E-state index contributed by atoms with van der Waals surface area (Å²) < 4.78 is 5.72. The minimum Gasteiger partial charge on any atom is -0.455 e. The van der Waals surface area contributed by atoms with E-state index in [9.17, 15) is 4.79 Å². The van der Waals surface area contributed by atoms with Crippen molar-refractivity contribution in [1.82, 2.24) is 15.2 Å². The van der Waals surface area contributed by atoms with Crippen molar-refractivity contribution < 1.29 is 9.21 Å². The molecule has 130 valence electrons. The number of amides is 1. The molecule has 1 saturated heterocycles. The van der Waals surface area contributed by atoms with Crippen LogP contribution in [-0.2, 0) is 19.5 Å². The average Bonchev–Trinajstić information content (AvgIpc) is 3.24. The summed E-state index contributed by atoms with van der Waals surface area (Å²) in [6.07, 6.45) is 3.39. The highest BCUT2D eigenvalue weighted by atomic mass is 32.1. The fourth-order valence-corrected chi connectivity index (χ4v) is 3.68. The quantitative estimate of drug-likeness (QED) is 0.869. The van der Waals surface area contributed by atoms with Crippen molar-refractivity contribution in [2.24, 2.45) is 5.92 Å². The van der Waals surface area contributed by atoms with Crippen LogP contribution in [0.15, 0.2) is 21.9 Å². The molecule has 0 aromatic carbocycles. The Hall–Kier alpha value is -1.66. The monoisotopic (exact) mass is 347 g/mol. The third-order valence-corrected chi connectivity index (χ3v) is 5.40. The van der Waals surface area contributed by atoms with Crippen LogP contribution < -0.4 is 5.32 Å². The van der Waals surface area contributed by atoms with E-state index in [2.05, 4.69) is 29.0 Å². The molecule has 0 bridgehead atoms. The van der Waals surface area contributed by atoms with Gasteiger partial charge in [-0.2, -0.15) is 0 Å². The number of hydrogen-bond donors (Lipinski definition) is 1. The molecule has 3 heterocycles. The van der Waals surface area contributed by atoms with Crippen LogP contribution in [0, 0.1) is 5.92 Å². The predicted molar refractivity (Wildman–Crippen MR) is 95.0 cm³/mol. The lowest BCUT2D eigenvalue weighted by molar-refractivity contribution is 0.0917. The molecule has 0 spiro atoms. The molecular formula is C18H25N3O2S. The van der Waals surface area contributed by atoms with Gasteiger partial charge in [0, 0.05) is 5.38 Å². The third-order valence-electron chi connectivity index (χ3n) is 4.50. The Balaban J connectivity index is 1.49. The van der Waals surface area contributed by atoms with E-state index in [0.717, 1.165) is 48.4 Å². The molecule has 24 heavy (non-hydrogen) atoms. The van der Waals surface area contributed by atoms with Gasteiger partial charge in [-0.05, 0) is 50.4 Å². The molecule has 0 radical (unpaired) electrons. The zero-order chi connectivity index (χ0) is 16.9. The molecule has 1 aliphatic heterocycles. The Morgan fingerprint density at radius 2 is 2.21 bits per heavy atom. The molecule has 2 aromatic rings. The molecule has 0 aliphatic carbocycles. The first-order valence-electron chi connectivity index (χ1n) is 8.66. The third kappa shape index (κ3) is 4.45. The summed E-state index contributed by atoms with van der Waals surface area (Å²) in [5.41, 5.74) is 1.07. The fourth-order valence-electron chi connectivity index (χ4n) is 2.86. The normalized spacial score (nSPS) is 16.4. The van der Waals surface area contributed by atoms with Crippen molar-refractivity contribution in [1.29, 1.82) is 0 Å².